The molecule has 0 aromatic heterocycles. The Morgan fingerprint density at radius 1 is 1.20 bits per heavy atom. The Morgan fingerprint density at radius 2 is 1.92 bits per heavy atom. The Bertz CT molecular complexity index is 857. The lowest BCUT2D eigenvalue weighted by Gasteiger charge is -2.32. The second-order valence-corrected chi connectivity index (χ2v) is 6.12. The van der Waals surface area contributed by atoms with Gasteiger partial charge in [0.05, 0.1) is 5.69 Å². The average Bonchev–Trinajstić information content (AvgIpc) is 2.56. The standard InChI is InChI=1S/C19H17FN2O3/c1-19(2)18(24)22-17-14(4-3-5-15(17)25-19)21-16(23)11-8-12-6-9-13(20)10-7-12/h3-11H,1-2H3,(H,21,23)(H,22,24)/b11-8+. The lowest BCUT2D eigenvalue weighted by atomic mass is 10.1. The van der Waals surface area contributed by atoms with E-state index in [1.165, 1.54) is 18.2 Å². The lowest BCUT2D eigenvalue weighted by Crippen LogP contribution is -2.45. The first-order valence-corrected chi connectivity index (χ1v) is 7.73. The number of carbonyl (C=O) groups is 2. The number of fused-ring (bicyclic) bond motifs is 1. The summed E-state index contributed by atoms with van der Waals surface area (Å²) in [5.74, 6) is -0.513. The normalized spacial score (nSPS) is 15.2. The van der Waals surface area contributed by atoms with Crippen molar-refractivity contribution in [3.8, 4) is 5.75 Å². The van der Waals surface area contributed by atoms with E-state index in [-0.39, 0.29) is 17.6 Å². The number of ether oxygens (including phenoxy) is 1. The second-order valence-electron chi connectivity index (χ2n) is 6.12. The van der Waals surface area contributed by atoms with Crippen LogP contribution in [-0.2, 0) is 9.59 Å². The summed E-state index contributed by atoms with van der Waals surface area (Å²) >= 11 is 0. The number of rotatable bonds is 3. The summed E-state index contributed by atoms with van der Waals surface area (Å²) in [7, 11) is 0. The molecule has 0 saturated carbocycles. The fraction of sp³-hybridized carbons (Fsp3) is 0.158. The van der Waals surface area contributed by atoms with Crippen molar-refractivity contribution >= 4 is 29.3 Å². The van der Waals surface area contributed by atoms with Gasteiger partial charge in [0.25, 0.3) is 5.91 Å². The van der Waals surface area contributed by atoms with E-state index in [4.69, 9.17) is 4.74 Å². The molecule has 0 unspecified atom stereocenters. The van der Waals surface area contributed by atoms with Crippen LogP contribution in [0.15, 0.2) is 48.5 Å². The summed E-state index contributed by atoms with van der Waals surface area (Å²) in [6.45, 7) is 3.34. The molecule has 2 amide bonds. The molecule has 2 aromatic carbocycles. The van der Waals surface area contributed by atoms with Gasteiger partial charge in [-0.05, 0) is 49.8 Å². The third kappa shape index (κ3) is 3.68. The van der Waals surface area contributed by atoms with Crippen molar-refractivity contribution in [2.45, 2.75) is 19.4 Å². The quantitative estimate of drug-likeness (QED) is 0.839. The van der Waals surface area contributed by atoms with Crippen LogP contribution in [0.1, 0.15) is 19.4 Å². The van der Waals surface area contributed by atoms with Gasteiger partial charge in [-0.25, -0.2) is 4.39 Å². The SMILES string of the molecule is CC1(C)Oc2cccc(NC(=O)/C=C/c3ccc(F)cc3)c2NC1=O. The van der Waals surface area contributed by atoms with E-state index >= 15 is 0 Å². The Hall–Kier alpha value is -3.15. The zero-order chi connectivity index (χ0) is 18.0. The number of hydrogen-bond donors (Lipinski definition) is 2. The molecule has 1 aliphatic heterocycles. The average molecular weight is 340 g/mol. The molecule has 25 heavy (non-hydrogen) atoms. The highest BCUT2D eigenvalue weighted by Crippen LogP contribution is 2.38. The lowest BCUT2D eigenvalue weighted by molar-refractivity contribution is -0.129. The monoisotopic (exact) mass is 340 g/mol. The first-order valence-electron chi connectivity index (χ1n) is 7.73. The Balaban J connectivity index is 1.76. The molecule has 1 aliphatic rings. The number of nitrogens with one attached hydrogen (secondary N) is 2. The molecule has 2 aromatic rings. The summed E-state index contributed by atoms with van der Waals surface area (Å²) in [5, 5.41) is 5.46. The Labute approximate surface area is 144 Å². The van der Waals surface area contributed by atoms with Crippen LogP contribution >= 0.6 is 0 Å². The number of anilines is 2. The molecule has 0 bridgehead atoms. The maximum Gasteiger partial charge on any atom is 0.268 e. The highest BCUT2D eigenvalue weighted by atomic mass is 19.1. The summed E-state index contributed by atoms with van der Waals surface area (Å²) in [4.78, 5) is 24.2. The minimum absolute atomic E-state index is 0.288. The number of hydrogen-bond acceptors (Lipinski definition) is 3. The van der Waals surface area contributed by atoms with Crippen LogP contribution < -0.4 is 15.4 Å². The molecule has 6 heteroatoms. The largest absolute Gasteiger partial charge is 0.476 e. The van der Waals surface area contributed by atoms with Gasteiger partial charge in [0.1, 0.15) is 17.3 Å². The Morgan fingerprint density at radius 3 is 2.64 bits per heavy atom. The van der Waals surface area contributed by atoms with Crippen LogP contribution in [0.5, 0.6) is 5.75 Å². The van der Waals surface area contributed by atoms with E-state index in [1.54, 1.807) is 50.3 Å². The first kappa shape index (κ1) is 16.7. The number of para-hydroxylation sites is 1. The number of benzene rings is 2. The van der Waals surface area contributed by atoms with Gasteiger partial charge in [0.15, 0.2) is 5.60 Å². The molecule has 0 spiro atoms. The van der Waals surface area contributed by atoms with Crippen molar-refractivity contribution in [1.29, 1.82) is 0 Å². The molecule has 0 fully saturated rings. The van der Waals surface area contributed by atoms with E-state index in [2.05, 4.69) is 10.6 Å². The van der Waals surface area contributed by atoms with Gasteiger partial charge in [-0.1, -0.05) is 18.2 Å². The molecule has 128 valence electrons. The topological polar surface area (TPSA) is 67.4 Å². The van der Waals surface area contributed by atoms with E-state index < -0.39 is 5.60 Å². The van der Waals surface area contributed by atoms with Gasteiger partial charge in [0, 0.05) is 6.08 Å². The van der Waals surface area contributed by atoms with Gasteiger partial charge in [0.2, 0.25) is 5.91 Å². The predicted molar refractivity (Wildman–Crippen MR) is 93.8 cm³/mol. The van der Waals surface area contributed by atoms with Gasteiger partial charge in [-0.3, -0.25) is 9.59 Å². The third-order valence-electron chi connectivity index (χ3n) is 3.73. The van der Waals surface area contributed by atoms with Crippen LogP contribution in [0.2, 0.25) is 0 Å². The van der Waals surface area contributed by atoms with E-state index in [0.29, 0.717) is 22.7 Å². The summed E-state index contributed by atoms with van der Waals surface area (Å²) in [5.41, 5.74) is 0.591. The molecule has 1 heterocycles. The van der Waals surface area contributed by atoms with Gasteiger partial charge in [-0.2, -0.15) is 0 Å². The van der Waals surface area contributed by atoms with Gasteiger partial charge >= 0.3 is 0 Å². The number of halogens is 1. The smallest absolute Gasteiger partial charge is 0.268 e. The van der Waals surface area contributed by atoms with Crippen molar-refractivity contribution in [3.05, 3.63) is 59.9 Å². The summed E-state index contributed by atoms with van der Waals surface area (Å²) in [6, 6.07) is 10.9. The minimum atomic E-state index is -0.974. The molecule has 0 saturated heterocycles. The van der Waals surface area contributed by atoms with Crippen molar-refractivity contribution in [1.82, 2.24) is 0 Å². The fourth-order valence-corrected chi connectivity index (χ4v) is 2.35. The van der Waals surface area contributed by atoms with Crippen molar-refractivity contribution < 1.29 is 18.7 Å². The second kappa shape index (κ2) is 6.39. The minimum Gasteiger partial charge on any atom is -0.476 e. The molecular weight excluding hydrogens is 323 g/mol. The van der Waals surface area contributed by atoms with Gasteiger partial charge < -0.3 is 15.4 Å². The maximum atomic E-state index is 12.9. The molecule has 0 radical (unpaired) electrons. The summed E-state index contributed by atoms with van der Waals surface area (Å²) in [6.07, 6.45) is 2.91. The fourth-order valence-electron chi connectivity index (χ4n) is 2.35. The highest BCUT2D eigenvalue weighted by molar-refractivity contribution is 6.08. The molecule has 0 atom stereocenters. The molecule has 2 N–H and O–H groups in total. The van der Waals surface area contributed by atoms with Crippen LogP contribution in [0, 0.1) is 5.82 Å². The van der Waals surface area contributed by atoms with Crippen LogP contribution in [0.3, 0.4) is 0 Å². The van der Waals surface area contributed by atoms with E-state index in [1.807, 2.05) is 0 Å². The Kier molecular flexibility index (Phi) is 4.27. The van der Waals surface area contributed by atoms with Crippen LogP contribution in [-0.4, -0.2) is 17.4 Å². The number of amides is 2. The predicted octanol–water partition coefficient (Wildman–Crippen LogP) is 3.59. The molecular formula is C19H17FN2O3. The maximum absolute atomic E-state index is 12.9. The van der Waals surface area contributed by atoms with Crippen molar-refractivity contribution in [2.75, 3.05) is 10.6 Å². The van der Waals surface area contributed by atoms with Crippen molar-refractivity contribution in [3.63, 3.8) is 0 Å². The first-order chi connectivity index (χ1) is 11.8. The third-order valence-corrected chi connectivity index (χ3v) is 3.73. The molecule has 5 nitrogen and oxygen atoms in total. The summed E-state index contributed by atoms with van der Waals surface area (Å²) < 4.78 is 18.5. The van der Waals surface area contributed by atoms with Gasteiger partial charge in [-0.15, -0.1) is 0 Å². The molecule has 0 aliphatic carbocycles. The zero-order valence-electron chi connectivity index (χ0n) is 13.8. The molecule has 3 rings (SSSR count). The van der Waals surface area contributed by atoms with Crippen LogP contribution in [0.4, 0.5) is 15.8 Å². The zero-order valence-corrected chi connectivity index (χ0v) is 13.8. The van der Waals surface area contributed by atoms with E-state index in [9.17, 15) is 14.0 Å². The van der Waals surface area contributed by atoms with E-state index in [0.717, 1.165) is 0 Å². The van der Waals surface area contributed by atoms with Crippen LogP contribution in [0.25, 0.3) is 6.08 Å². The van der Waals surface area contributed by atoms with Crippen molar-refractivity contribution in [2.24, 2.45) is 0 Å². The number of carbonyl (C=O) groups excluding carboxylic acids is 2. The highest BCUT2D eigenvalue weighted by Gasteiger charge is 2.36.